The zero-order chi connectivity index (χ0) is 13.9. The van der Waals surface area contributed by atoms with E-state index in [1.54, 1.807) is 6.20 Å². The Bertz CT molecular complexity index is 747. The molecule has 0 amide bonds. The lowest BCUT2D eigenvalue weighted by Crippen LogP contribution is -2.02. The number of pyridine rings is 1. The fraction of sp³-hybridized carbons (Fsp3) is 0.188. The van der Waals surface area contributed by atoms with E-state index < -0.39 is 0 Å². The van der Waals surface area contributed by atoms with Gasteiger partial charge in [0.05, 0.1) is 11.2 Å². The minimum Gasteiger partial charge on any atom is -0.370 e. The third-order valence-corrected chi connectivity index (χ3v) is 3.12. The van der Waals surface area contributed by atoms with Gasteiger partial charge in [-0.1, -0.05) is 18.2 Å². The number of hydrogen-bond donors (Lipinski definition) is 1. The van der Waals surface area contributed by atoms with Gasteiger partial charge in [-0.25, -0.2) is 9.97 Å². The van der Waals surface area contributed by atoms with Gasteiger partial charge in [-0.2, -0.15) is 0 Å². The van der Waals surface area contributed by atoms with Gasteiger partial charge in [0.25, 0.3) is 0 Å². The average Bonchev–Trinajstić information content (AvgIpc) is 2.46. The van der Waals surface area contributed by atoms with Crippen molar-refractivity contribution in [3.63, 3.8) is 0 Å². The van der Waals surface area contributed by atoms with Crippen LogP contribution in [0, 0.1) is 6.92 Å². The van der Waals surface area contributed by atoms with Gasteiger partial charge >= 0.3 is 0 Å². The summed E-state index contributed by atoms with van der Waals surface area (Å²) in [5, 5.41) is 4.35. The Labute approximate surface area is 117 Å². The molecule has 0 saturated heterocycles. The first kappa shape index (κ1) is 12.5. The molecule has 0 fully saturated rings. The molecule has 4 heteroatoms. The highest BCUT2D eigenvalue weighted by atomic mass is 15.0. The Morgan fingerprint density at radius 1 is 1.10 bits per heavy atom. The Kier molecular flexibility index (Phi) is 3.29. The fourth-order valence-corrected chi connectivity index (χ4v) is 2.30. The van der Waals surface area contributed by atoms with E-state index in [-0.39, 0.29) is 0 Å². The number of nitrogens with zero attached hydrogens (tertiary/aromatic N) is 3. The van der Waals surface area contributed by atoms with E-state index in [2.05, 4.69) is 39.3 Å². The van der Waals surface area contributed by atoms with E-state index in [0.29, 0.717) is 0 Å². The second-order valence-electron chi connectivity index (χ2n) is 4.59. The van der Waals surface area contributed by atoms with E-state index in [1.807, 2.05) is 31.2 Å². The summed E-state index contributed by atoms with van der Waals surface area (Å²) in [4.78, 5) is 13.3. The number of fused-ring (bicyclic) bond motifs is 1. The number of rotatable bonds is 3. The molecule has 0 saturated carbocycles. The van der Waals surface area contributed by atoms with Crippen LogP contribution in [0.2, 0.25) is 0 Å². The van der Waals surface area contributed by atoms with Gasteiger partial charge < -0.3 is 5.32 Å². The number of nitrogens with one attached hydrogen (secondary N) is 1. The van der Waals surface area contributed by atoms with E-state index in [0.717, 1.165) is 40.3 Å². The SMILES string of the molecule is CCNc1cc(-c2cccc3ncccc23)nc(C)n1. The third kappa shape index (κ3) is 2.32. The van der Waals surface area contributed by atoms with Crippen molar-refractivity contribution >= 4 is 16.7 Å². The molecule has 0 spiro atoms. The van der Waals surface area contributed by atoms with Gasteiger partial charge in [-0.3, -0.25) is 4.98 Å². The molecule has 0 aliphatic rings. The summed E-state index contributed by atoms with van der Waals surface area (Å²) in [6, 6.07) is 12.1. The van der Waals surface area contributed by atoms with Gasteiger partial charge in [0.2, 0.25) is 0 Å². The number of benzene rings is 1. The molecule has 0 radical (unpaired) electrons. The highest BCUT2D eigenvalue weighted by Crippen LogP contribution is 2.27. The van der Waals surface area contributed by atoms with Crippen LogP contribution in [-0.4, -0.2) is 21.5 Å². The number of anilines is 1. The molecule has 0 atom stereocenters. The molecule has 0 aliphatic heterocycles. The van der Waals surface area contributed by atoms with E-state index >= 15 is 0 Å². The maximum absolute atomic E-state index is 4.56. The summed E-state index contributed by atoms with van der Waals surface area (Å²) >= 11 is 0. The predicted octanol–water partition coefficient (Wildman–Crippen LogP) is 3.43. The van der Waals surface area contributed by atoms with Crippen molar-refractivity contribution in [2.45, 2.75) is 13.8 Å². The molecular formula is C16H16N4. The second kappa shape index (κ2) is 5.25. The Balaban J connectivity index is 2.20. The van der Waals surface area contributed by atoms with Crippen molar-refractivity contribution in [1.82, 2.24) is 15.0 Å². The highest BCUT2D eigenvalue weighted by molar-refractivity contribution is 5.93. The smallest absolute Gasteiger partial charge is 0.130 e. The largest absolute Gasteiger partial charge is 0.370 e. The van der Waals surface area contributed by atoms with Crippen LogP contribution in [0.4, 0.5) is 5.82 Å². The number of aryl methyl sites for hydroxylation is 1. The van der Waals surface area contributed by atoms with Crippen LogP contribution in [0.5, 0.6) is 0 Å². The fourth-order valence-electron chi connectivity index (χ4n) is 2.30. The lowest BCUT2D eigenvalue weighted by molar-refractivity contribution is 1.04. The molecule has 1 aromatic carbocycles. The molecule has 3 rings (SSSR count). The first-order chi connectivity index (χ1) is 9.78. The van der Waals surface area contributed by atoms with Crippen LogP contribution < -0.4 is 5.32 Å². The normalized spacial score (nSPS) is 10.7. The number of hydrogen-bond acceptors (Lipinski definition) is 4. The minimum absolute atomic E-state index is 0.763. The molecule has 0 unspecified atom stereocenters. The molecule has 2 aromatic heterocycles. The first-order valence-electron chi connectivity index (χ1n) is 6.71. The van der Waals surface area contributed by atoms with Gasteiger partial charge in [-0.05, 0) is 26.0 Å². The van der Waals surface area contributed by atoms with Crippen molar-refractivity contribution in [1.29, 1.82) is 0 Å². The summed E-state index contributed by atoms with van der Waals surface area (Å²) in [5.74, 6) is 1.62. The molecule has 2 heterocycles. The van der Waals surface area contributed by atoms with Crippen LogP contribution in [0.3, 0.4) is 0 Å². The summed E-state index contributed by atoms with van der Waals surface area (Å²) in [5.41, 5.74) is 2.98. The summed E-state index contributed by atoms with van der Waals surface area (Å²) in [6.45, 7) is 4.81. The maximum atomic E-state index is 4.56. The summed E-state index contributed by atoms with van der Waals surface area (Å²) in [7, 11) is 0. The molecule has 1 N–H and O–H groups in total. The summed E-state index contributed by atoms with van der Waals surface area (Å²) in [6.07, 6.45) is 1.81. The summed E-state index contributed by atoms with van der Waals surface area (Å²) < 4.78 is 0. The Morgan fingerprint density at radius 2 is 2.00 bits per heavy atom. The standard InChI is InChI=1S/C16H16N4/c1-3-17-16-10-15(19-11(2)20-16)13-6-4-8-14-12(13)7-5-9-18-14/h4-10H,3H2,1-2H3,(H,17,19,20). The Hall–Kier alpha value is -2.49. The van der Waals surface area contributed by atoms with Crippen molar-refractivity contribution in [3.05, 3.63) is 48.4 Å². The lowest BCUT2D eigenvalue weighted by Gasteiger charge is -2.09. The van der Waals surface area contributed by atoms with E-state index in [9.17, 15) is 0 Å². The molecule has 100 valence electrons. The average molecular weight is 264 g/mol. The highest BCUT2D eigenvalue weighted by Gasteiger charge is 2.08. The predicted molar refractivity (Wildman–Crippen MR) is 81.7 cm³/mol. The zero-order valence-electron chi connectivity index (χ0n) is 11.6. The van der Waals surface area contributed by atoms with Crippen LogP contribution in [0.15, 0.2) is 42.6 Å². The Morgan fingerprint density at radius 3 is 2.85 bits per heavy atom. The van der Waals surface area contributed by atoms with Crippen molar-refractivity contribution in [2.24, 2.45) is 0 Å². The van der Waals surface area contributed by atoms with Crippen LogP contribution in [-0.2, 0) is 0 Å². The maximum Gasteiger partial charge on any atom is 0.130 e. The van der Waals surface area contributed by atoms with Crippen molar-refractivity contribution in [2.75, 3.05) is 11.9 Å². The minimum atomic E-state index is 0.763. The monoisotopic (exact) mass is 264 g/mol. The van der Waals surface area contributed by atoms with Crippen LogP contribution in [0.25, 0.3) is 22.2 Å². The van der Waals surface area contributed by atoms with Crippen LogP contribution in [0.1, 0.15) is 12.7 Å². The van der Waals surface area contributed by atoms with Crippen molar-refractivity contribution in [3.8, 4) is 11.3 Å². The van der Waals surface area contributed by atoms with Crippen molar-refractivity contribution < 1.29 is 0 Å². The van der Waals surface area contributed by atoms with Gasteiger partial charge in [-0.15, -0.1) is 0 Å². The molecule has 4 nitrogen and oxygen atoms in total. The molecular weight excluding hydrogens is 248 g/mol. The molecule has 20 heavy (non-hydrogen) atoms. The van der Waals surface area contributed by atoms with Gasteiger partial charge in [0.1, 0.15) is 11.6 Å². The quantitative estimate of drug-likeness (QED) is 0.787. The van der Waals surface area contributed by atoms with E-state index in [1.165, 1.54) is 0 Å². The molecule has 0 bridgehead atoms. The van der Waals surface area contributed by atoms with Crippen LogP contribution >= 0.6 is 0 Å². The molecule has 0 aliphatic carbocycles. The zero-order valence-corrected chi connectivity index (χ0v) is 11.6. The third-order valence-electron chi connectivity index (χ3n) is 3.12. The van der Waals surface area contributed by atoms with Gasteiger partial charge in [0.15, 0.2) is 0 Å². The first-order valence-corrected chi connectivity index (χ1v) is 6.71. The molecule has 3 aromatic rings. The second-order valence-corrected chi connectivity index (χ2v) is 4.59. The van der Waals surface area contributed by atoms with Gasteiger partial charge in [0, 0.05) is 29.8 Å². The van der Waals surface area contributed by atoms with E-state index in [4.69, 9.17) is 0 Å². The lowest BCUT2D eigenvalue weighted by atomic mass is 10.1. The number of aromatic nitrogens is 3. The topological polar surface area (TPSA) is 50.7 Å².